The van der Waals surface area contributed by atoms with Gasteiger partial charge in [-0.1, -0.05) is 0 Å². The molecule has 0 aliphatic heterocycles. The topological polar surface area (TPSA) is 57.4 Å². The van der Waals surface area contributed by atoms with Crippen molar-refractivity contribution < 1.29 is 0 Å². The van der Waals surface area contributed by atoms with Gasteiger partial charge in [0.25, 0.3) is 0 Å². The molecule has 2 N–H and O–H groups in total. The van der Waals surface area contributed by atoms with Gasteiger partial charge in [-0.15, -0.1) is 0 Å². The minimum atomic E-state index is 0.855. The smallest absolute Gasteiger partial charge is 0.141 e. The number of aryl methyl sites for hydroxylation is 2. The Hall–Kier alpha value is -2.10. The van der Waals surface area contributed by atoms with Crippen LogP contribution in [0.5, 0.6) is 0 Å². The van der Waals surface area contributed by atoms with E-state index < -0.39 is 0 Å². The monoisotopic (exact) mass is 212 g/mol. The summed E-state index contributed by atoms with van der Waals surface area (Å²) < 4.78 is 0. The zero-order valence-corrected chi connectivity index (χ0v) is 9.20. The molecule has 0 bridgehead atoms. The SMILES string of the molecule is Cc1cc2nc(-c3cn[nH]c3)[nH]c2cc1C. The van der Waals surface area contributed by atoms with Crippen LogP contribution in [0.1, 0.15) is 11.1 Å². The summed E-state index contributed by atoms with van der Waals surface area (Å²) in [6.45, 7) is 4.20. The molecule has 0 spiro atoms. The van der Waals surface area contributed by atoms with Gasteiger partial charge < -0.3 is 4.98 Å². The van der Waals surface area contributed by atoms with E-state index >= 15 is 0 Å². The Kier molecular flexibility index (Phi) is 1.83. The number of H-pyrrole nitrogens is 2. The first-order valence-corrected chi connectivity index (χ1v) is 5.20. The molecule has 0 aliphatic carbocycles. The standard InChI is InChI=1S/C12H12N4/c1-7-3-10-11(4-8(7)2)16-12(15-10)9-5-13-14-6-9/h3-6H,1-2H3,(H,13,14)(H,15,16). The highest BCUT2D eigenvalue weighted by Crippen LogP contribution is 2.21. The van der Waals surface area contributed by atoms with Crippen molar-refractivity contribution in [2.75, 3.05) is 0 Å². The van der Waals surface area contributed by atoms with Gasteiger partial charge in [0, 0.05) is 6.20 Å². The normalized spacial score (nSPS) is 11.1. The average Bonchev–Trinajstić information content (AvgIpc) is 2.86. The van der Waals surface area contributed by atoms with E-state index in [2.05, 4.69) is 46.1 Å². The largest absolute Gasteiger partial charge is 0.338 e. The van der Waals surface area contributed by atoms with Gasteiger partial charge in [-0.3, -0.25) is 5.10 Å². The molecule has 0 radical (unpaired) electrons. The summed E-state index contributed by atoms with van der Waals surface area (Å²) in [4.78, 5) is 7.84. The summed E-state index contributed by atoms with van der Waals surface area (Å²) in [6.07, 6.45) is 3.59. The molecule has 0 amide bonds. The van der Waals surface area contributed by atoms with E-state index in [0.717, 1.165) is 22.4 Å². The van der Waals surface area contributed by atoms with Crippen LogP contribution in [-0.2, 0) is 0 Å². The predicted octanol–water partition coefficient (Wildman–Crippen LogP) is 2.57. The summed E-state index contributed by atoms with van der Waals surface area (Å²) in [5.41, 5.74) is 5.58. The van der Waals surface area contributed by atoms with E-state index in [1.165, 1.54) is 11.1 Å². The van der Waals surface area contributed by atoms with Crippen LogP contribution in [0.25, 0.3) is 22.4 Å². The minimum absolute atomic E-state index is 0.855. The fraction of sp³-hybridized carbons (Fsp3) is 0.167. The first kappa shape index (κ1) is 9.15. The van der Waals surface area contributed by atoms with Crippen LogP contribution in [0.2, 0.25) is 0 Å². The number of fused-ring (bicyclic) bond motifs is 1. The van der Waals surface area contributed by atoms with E-state index in [1.54, 1.807) is 6.20 Å². The second-order valence-electron chi connectivity index (χ2n) is 4.03. The molecule has 1 aromatic carbocycles. The number of imidazole rings is 1. The lowest BCUT2D eigenvalue weighted by Crippen LogP contribution is -1.79. The Morgan fingerprint density at radius 3 is 2.69 bits per heavy atom. The van der Waals surface area contributed by atoms with Crippen molar-refractivity contribution >= 4 is 11.0 Å². The number of hydrogen-bond donors (Lipinski definition) is 2. The number of rotatable bonds is 1. The number of benzene rings is 1. The lowest BCUT2D eigenvalue weighted by atomic mass is 10.1. The summed E-state index contributed by atoms with van der Waals surface area (Å²) in [5, 5.41) is 6.70. The maximum Gasteiger partial charge on any atom is 0.141 e. The molecule has 0 saturated heterocycles. The van der Waals surface area contributed by atoms with Crippen molar-refractivity contribution in [2.24, 2.45) is 0 Å². The molecular weight excluding hydrogens is 200 g/mol. The first-order chi connectivity index (χ1) is 7.74. The van der Waals surface area contributed by atoms with Crippen molar-refractivity contribution in [1.29, 1.82) is 0 Å². The molecule has 2 heterocycles. The number of aromatic amines is 2. The van der Waals surface area contributed by atoms with Crippen LogP contribution in [0.15, 0.2) is 24.5 Å². The number of hydrogen-bond acceptors (Lipinski definition) is 2. The number of nitrogens with one attached hydrogen (secondary N) is 2. The van der Waals surface area contributed by atoms with Gasteiger partial charge in [-0.05, 0) is 37.1 Å². The van der Waals surface area contributed by atoms with Crippen molar-refractivity contribution in [3.05, 3.63) is 35.7 Å². The summed E-state index contributed by atoms with van der Waals surface area (Å²) in [6, 6.07) is 4.23. The zero-order valence-electron chi connectivity index (χ0n) is 9.20. The van der Waals surface area contributed by atoms with Crippen LogP contribution >= 0.6 is 0 Å². The highest BCUT2D eigenvalue weighted by molar-refractivity contribution is 5.80. The lowest BCUT2D eigenvalue weighted by molar-refractivity contribution is 1.09. The fourth-order valence-electron chi connectivity index (χ4n) is 1.79. The van der Waals surface area contributed by atoms with E-state index in [1.807, 2.05) is 6.20 Å². The third-order valence-corrected chi connectivity index (χ3v) is 2.87. The van der Waals surface area contributed by atoms with E-state index in [0.29, 0.717) is 0 Å². The Labute approximate surface area is 92.7 Å². The molecule has 0 fully saturated rings. The quantitative estimate of drug-likeness (QED) is 0.651. The zero-order chi connectivity index (χ0) is 11.1. The van der Waals surface area contributed by atoms with Crippen LogP contribution in [0.3, 0.4) is 0 Å². The number of nitrogens with zero attached hydrogens (tertiary/aromatic N) is 2. The van der Waals surface area contributed by atoms with Gasteiger partial charge >= 0.3 is 0 Å². The lowest BCUT2D eigenvalue weighted by Gasteiger charge is -1.97. The molecule has 80 valence electrons. The third kappa shape index (κ3) is 1.31. The number of aromatic nitrogens is 4. The fourth-order valence-corrected chi connectivity index (χ4v) is 1.79. The predicted molar refractivity (Wildman–Crippen MR) is 63.1 cm³/mol. The van der Waals surface area contributed by atoms with Crippen molar-refractivity contribution in [3.63, 3.8) is 0 Å². The first-order valence-electron chi connectivity index (χ1n) is 5.20. The molecule has 4 heteroatoms. The molecule has 0 atom stereocenters. The van der Waals surface area contributed by atoms with Crippen molar-refractivity contribution in [3.8, 4) is 11.4 Å². The Balaban J connectivity index is 2.23. The Morgan fingerprint density at radius 1 is 1.12 bits per heavy atom. The van der Waals surface area contributed by atoms with E-state index in [9.17, 15) is 0 Å². The summed E-state index contributed by atoms with van der Waals surface area (Å²) in [7, 11) is 0. The van der Waals surface area contributed by atoms with Gasteiger partial charge in [0.15, 0.2) is 0 Å². The molecule has 3 rings (SSSR count). The molecule has 0 unspecified atom stereocenters. The van der Waals surface area contributed by atoms with Gasteiger partial charge in [-0.25, -0.2) is 4.98 Å². The average molecular weight is 212 g/mol. The highest BCUT2D eigenvalue weighted by Gasteiger charge is 2.07. The molecule has 4 nitrogen and oxygen atoms in total. The maximum absolute atomic E-state index is 4.54. The Bertz CT molecular complexity index is 595. The van der Waals surface area contributed by atoms with Crippen molar-refractivity contribution in [1.82, 2.24) is 20.2 Å². The molecule has 3 aromatic rings. The molecule has 0 aliphatic rings. The second kappa shape index (κ2) is 3.20. The van der Waals surface area contributed by atoms with Crippen LogP contribution in [-0.4, -0.2) is 20.2 Å². The molecule has 0 saturated carbocycles. The van der Waals surface area contributed by atoms with Crippen LogP contribution < -0.4 is 0 Å². The van der Waals surface area contributed by atoms with E-state index in [4.69, 9.17) is 0 Å². The minimum Gasteiger partial charge on any atom is -0.338 e. The summed E-state index contributed by atoms with van der Waals surface area (Å²) >= 11 is 0. The van der Waals surface area contributed by atoms with Crippen molar-refractivity contribution in [2.45, 2.75) is 13.8 Å². The molecule has 2 aromatic heterocycles. The molecular formula is C12H12N4. The van der Waals surface area contributed by atoms with Gasteiger partial charge in [-0.2, -0.15) is 5.10 Å². The van der Waals surface area contributed by atoms with Crippen LogP contribution in [0, 0.1) is 13.8 Å². The van der Waals surface area contributed by atoms with Gasteiger partial charge in [0.05, 0.1) is 22.8 Å². The summed E-state index contributed by atoms with van der Waals surface area (Å²) in [5.74, 6) is 0.855. The second-order valence-corrected chi connectivity index (χ2v) is 4.03. The highest BCUT2D eigenvalue weighted by atomic mass is 15.1. The Morgan fingerprint density at radius 2 is 1.94 bits per heavy atom. The maximum atomic E-state index is 4.54. The van der Waals surface area contributed by atoms with Gasteiger partial charge in [0.1, 0.15) is 5.82 Å². The van der Waals surface area contributed by atoms with Crippen LogP contribution in [0.4, 0.5) is 0 Å². The van der Waals surface area contributed by atoms with E-state index in [-0.39, 0.29) is 0 Å². The molecule has 16 heavy (non-hydrogen) atoms. The van der Waals surface area contributed by atoms with Gasteiger partial charge in [0.2, 0.25) is 0 Å². The third-order valence-electron chi connectivity index (χ3n) is 2.87.